The number of nitrogens with zero attached hydrogens (tertiary/aromatic N) is 1. The van der Waals surface area contributed by atoms with E-state index in [-0.39, 0.29) is 24.3 Å². The number of nitrogens with one attached hydrogen (secondary N) is 1. The van der Waals surface area contributed by atoms with Gasteiger partial charge in [0.25, 0.3) is 5.91 Å². The highest BCUT2D eigenvalue weighted by Crippen LogP contribution is 2.33. The number of carbonyl (C=O) groups is 2. The van der Waals surface area contributed by atoms with Gasteiger partial charge in [0, 0.05) is 19.6 Å². The number of hydrogen-bond acceptors (Lipinski definition) is 3. The minimum absolute atomic E-state index is 0.0287. The summed E-state index contributed by atoms with van der Waals surface area (Å²) in [5.41, 5.74) is 0. The summed E-state index contributed by atoms with van der Waals surface area (Å²) in [6.45, 7) is 3.63. The molecule has 1 N–H and O–H groups in total. The average Bonchev–Trinajstić information content (AvgIpc) is 2.68. The zero-order chi connectivity index (χ0) is 18.5. The Balaban J connectivity index is 1.62. The molecule has 26 heavy (non-hydrogen) atoms. The van der Waals surface area contributed by atoms with E-state index in [0.29, 0.717) is 25.4 Å². The lowest BCUT2D eigenvalue weighted by Gasteiger charge is -2.32. The summed E-state index contributed by atoms with van der Waals surface area (Å²) in [7, 11) is 0. The van der Waals surface area contributed by atoms with Crippen molar-refractivity contribution < 1.29 is 14.3 Å². The number of halogens is 1. The number of carbonyl (C=O) groups excluding carboxylic acids is 2. The van der Waals surface area contributed by atoms with Crippen molar-refractivity contribution in [1.29, 1.82) is 0 Å². The van der Waals surface area contributed by atoms with Gasteiger partial charge in [-0.1, -0.05) is 30.3 Å². The van der Waals surface area contributed by atoms with E-state index in [1.165, 1.54) is 0 Å². The van der Waals surface area contributed by atoms with Crippen LogP contribution in [0, 0.1) is 5.92 Å². The Morgan fingerprint density at radius 3 is 2.88 bits per heavy atom. The second-order valence-corrected chi connectivity index (χ2v) is 7.25. The summed E-state index contributed by atoms with van der Waals surface area (Å²) in [6.07, 6.45) is 1.67. The van der Waals surface area contributed by atoms with Crippen LogP contribution in [0.3, 0.4) is 0 Å². The molecular weight excluding hydrogens is 396 g/mol. The van der Waals surface area contributed by atoms with Crippen LogP contribution in [0.2, 0.25) is 0 Å². The van der Waals surface area contributed by atoms with Crippen LogP contribution in [0.25, 0.3) is 10.8 Å². The van der Waals surface area contributed by atoms with E-state index in [1.54, 1.807) is 4.90 Å². The monoisotopic (exact) mass is 418 g/mol. The fraction of sp³-hybridized carbons (Fsp3) is 0.400. The largest absolute Gasteiger partial charge is 0.483 e. The molecule has 1 heterocycles. The van der Waals surface area contributed by atoms with Gasteiger partial charge in [-0.2, -0.15) is 0 Å². The Kier molecular flexibility index (Phi) is 6.14. The molecule has 2 aromatic rings. The smallest absolute Gasteiger partial charge is 0.260 e. The Morgan fingerprint density at radius 2 is 2.08 bits per heavy atom. The third kappa shape index (κ3) is 4.18. The van der Waals surface area contributed by atoms with Crippen molar-refractivity contribution in [1.82, 2.24) is 10.2 Å². The molecule has 2 aromatic carbocycles. The van der Waals surface area contributed by atoms with Crippen LogP contribution in [0.1, 0.15) is 19.8 Å². The van der Waals surface area contributed by atoms with E-state index < -0.39 is 0 Å². The third-order valence-electron chi connectivity index (χ3n) is 4.67. The molecule has 0 aromatic heterocycles. The zero-order valence-electron chi connectivity index (χ0n) is 14.8. The molecule has 3 rings (SSSR count). The van der Waals surface area contributed by atoms with E-state index in [9.17, 15) is 9.59 Å². The number of likely N-dealkylation sites (tertiary alicyclic amines) is 1. The number of fused-ring (bicyclic) bond motifs is 1. The summed E-state index contributed by atoms with van der Waals surface area (Å²) in [6, 6.07) is 11.8. The molecule has 0 aliphatic carbocycles. The first-order valence-corrected chi connectivity index (χ1v) is 9.75. The first-order chi connectivity index (χ1) is 12.6. The maximum atomic E-state index is 12.5. The van der Waals surface area contributed by atoms with E-state index in [1.807, 2.05) is 43.3 Å². The lowest BCUT2D eigenvalue weighted by molar-refractivity contribution is -0.137. The lowest BCUT2D eigenvalue weighted by Crippen LogP contribution is -2.46. The molecule has 1 aliphatic rings. The maximum Gasteiger partial charge on any atom is 0.260 e. The fourth-order valence-corrected chi connectivity index (χ4v) is 3.90. The second-order valence-electron chi connectivity index (χ2n) is 6.46. The molecule has 6 heteroatoms. The van der Waals surface area contributed by atoms with Crippen LogP contribution < -0.4 is 10.1 Å². The van der Waals surface area contributed by atoms with Gasteiger partial charge in [0.2, 0.25) is 5.91 Å². The van der Waals surface area contributed by atoms with Gasteiger partial charge in [-0.15, -0.1) is 0 Å². The van der Waals surface area contributed by atoms with Crippen molar-refractivity contribution in [2.75, 3.05) is 26.2 Å². The molecule has 0 spiro atoms. The van der Waals surface area contributed by atoms with Crippen LogP contribution in [0.5, 0.6) is 5.75 Å². The predicted molar refractivity (Wildman–Crippen MR) is 105 cm³/mol. The van der Waals surface area contributed by atoms with Gasteiger partial charge in [-0.05, 0) is 52.5 Å². The summed E-state index contributed by atoms with van der Waals surface area (Å²) in [5.74, 6) is 0.469. The van der Waals surface area contributed by atoms with Crippen molar-refractivity contribution >= 4 is 38.5 Å². The quantitative estimate of drug-likeness (QED) is 0.809. The zero-order valence-corrected chi connectivity index (χ0v) is 16.4. The highest BCUT2D eigenvalue weighted by molar-refractivity contribution is 9.10. The molecule has 1 fully saturated rings. The van der Waals surface area contributed by atoms with Crippen LogP contribution in [-0.4, -0.2) is 43.0 Å². The van der Waals surface area contributed by atoms with E-state index in [2.05, 4.69) is 21.2 Å². The summed E-state index contributed by atoms with van der Waals surface area (Å²) in [5, 5.41) is 5.00. The summed E-state index contributed by atoms with van der Waals surface area (Å²) >= 11 is 3.57. The molecule has 2 amide bonds. The SMILES string of the molecule is CCNC(=O)C1CCCN(C(=O)COc2ccc3ccccc3c2Br)C1. The van der Waals surface area contributed by atoms with Gasteiger partial charge in [-0.25, -0.2) is 0 Å². The Labute approximate surface area is 161 Å². The van der Waals surface area contributed by atoms with Crippen LogP contribution in [-0.2, 0) is 9.59 Å². The third-order valence-corrected chi connectivity index (χ3v) is 5.49. The number of hydrogen-bond donors (Lipinski definition) is 1. The van der Waals surface area contributed by atoms with Crippen molar-refractivity contribution in [2.45, 2.75) is 19.8 Å². The lowest BCUT2D eigenvalue weighted by atomic mass is 9.97. The number of piperidine rings is 1. The fourth-order valence-electron chi connectivity index (χ4n) is 3.29. The second kappa shape index (κ2) is 8.54. The van der Waals surface area contributed by atoms with Crippen molar-refractivity contribution in [2.24, 2.45) is 5.92 Å². The number of amides is 2. The van der Waals surface area contributed by atoms with Crippen molar-refractivity contribution in [3.63, 3.8) is 0 Å². The highest BCUT2D eigenvalue weighted by atomic mass is 79.9. The Bertz CT molecular complexity index is 809. The maximum absolute atomic E-state index is 12.5. The Hall–Kier alpha value is -2.08. The standard InChI is InChI=1S/C20H23BrN2O3/c1-2-22-20(25)15-7-5-11-23(12-15)18(24)13-26-17-10-9-14-6-3-4-8-16(14)19(17)21/h3-4,6,8-10,15H,2,5,7,11-13H2,1H3,(H,22,25). The van der Waals surface area contributed by atoms with Gasteiger partial charge in [0.05, 0.1) is 10.4 Å². The predicted octanol–water partition coefficient (Wildman–Crippen LogP) is 3.36. The van der Waals surface area contributed by atoms with E-state index in [0.717, 1.165) is 28.1 Å². The highest BCUT2D eigenvalue weighted by Gasteiger charge is 2.28. The van der Waals surface area contributed by atoms with Crippen LogP contribution in [0.4, 0.5) is 0 Å². The molecular formula is C20H23BrN2O3. The Morgan fingerprint density at radius 1 is 1.27 bits per heavy atom. The van der Waals surface area contributed by atoms with Crippen molar-refractivity contribution in [3.05, 3.63) is 40.9 Å². The van der Waals surface area contributed by atoms with Gasteiger partial charge in [0.1, 0.15) is 5.75 Å². The minimum atomic E-state index is -0.125. The summed E-state index contributed by atoms with van der Waals surface area (Å²) < 4.78 is 6.61. The van der Waals surface area contributed by atoms with E-state index >= 15 is 0 Å². The van der Waals surface area contributed by atoms with E-state index in [4.69, 9.17) is 4.74 Å². The van der Waals surface area contributed by atoms with Gasteiger partial charge < -0.3 is 15.0 Å². The molecule has 5 nitrogen and oxygen atoms in total. The first-order valence-electron chi connectivity index (χ1n) is 8.95. The average molecular weight is 419 g/mol. The number of benzene rings is 2. The molecule has 1 aliphatic heterocycles. The molecule has 0 radical (unpaired) electrons. The van der Waals surface area contributed by atoms with Crippen LogP contribution >= 0.6 is 15.9 Å². The van der Waals surface area contributed by atoms with Gasteiger partial charge >= 0.3 is 0 Å². The van der Waals surface area contributed by atoms with Crippen LogP contribution in [0.15, 0.2) is 40.9 Å². The van der Waals surface area contributed by atoms with Crippen molar-refractivity contribution in [3.8, 4) is 5.75 Å². The van der Waals surface area contributed by atoms with Gasteiger partial charge in [0.15, 0.2) is 6.61 Å². The number of ether oxygens (including phenoxy) is 1. The normalized spacial score (nSPS) is 17.2. The molecule has 1 atom stereocenters. The molecule has 1 saturated heterocycles. The first kappa shape index (κ1) is 18.7. The van der Waals surface area contributed by atoms with Gasteiger partial charge in [-0.3, -0.25) is 9.59 Å². The number of rotatable bonds is 5. The topological polar surface area (TPSA) is 58.6 Å². The summed E-state index contributed by atoms with van der Waals surface area (Å²) in [4.78, 5) is 26.3. The molecule has 0 saturated carbocycles. The molecule has 138 valence electrons. The minimum Gasteiger partial charge on any atom is -0.483 e. The molecule has 0 bridgehead atoms. The molecule has 1 unspecified atom stereocenters.